The molecule has 1 heterocycles. The van der Waals surface area contributed by atoms with Crippen molar-refractivity contribution in [2.75, 3.05) is 12.4 Å². The highest BCUT2D eigenvalue weighted by atomic mass is 16.1. The van der Waals surface area contributed by atoms with Gasteiger partial charge in [0.05, 0.1) is 11.7 Å². The fourth-order valence-electron chi connectivity index (χ4n) is 3.05. The van der Waals surface area contributed by atoms with Crippen molar-refractivity contribution in [3.05, 3.63) is 94.5 Å². The van der Waals surface area contributed by atoms with E-state index in [1.165, 1.54) is 0 Å². The number of carbonyl (C=O) groups excluding carboxylic acids is 1. The van der Waals surface area contributed by atoms with E-state index in [0.717, 1.165) is 28.2 Å². The number of amides is 1. The molecular formula is C24H28N6O. The molecule has 0 saturated carbocycles. The van der Waals surface area contributed by atoms with Crippen LogP contribution in [0, 0.1) is 0 Å². The number of aliphatic imine (C=N–C) groups is 1. The Balaban J connectivity index is 1.80. The lowest BCUT2D eigenvalue weighted by Crippen LogP contribution is -2.22. The Labute approximate surface area is 182 Å². The molecule has 7 N–H and O–H groups in total. The molecule has 2 aromatic rings. The van der Waals surface area contributed by atoms with Crippen molar-refractivity contribution < 1.29 is 4.79 Å². The van der Waals surface area contributed by atoms with E-state index in [4.69, 9.17) is 11.5 Å². The van der Waals surface area contributed by atoms with Gasteiger partial charge in [-0.1, -0.05) is 42.5 Å². The first kappa shape index (κ1) is 21.7. The van der Waals surface area contributed by atoms with E-state index < -0.39 is 0 Å². The summed E-state index contributed by atoms with van der Waals surface area (Å²) in [5, 5.41) is 9.22. The van der Waals surface area contributed by atoms with Gasteiger partial charge in [0.25, 0.3) is 5.91 Å². The standard InChI is InChI=1S/C24H28N6O/c1-16-19(13-23(26)29-15-28-17(2)30-16)8-9-20-12-21(10-11-22(20)25)24(31)27-14-18-6-4-3-5-7-18/h3-13,29H,14-15,25-26H2,1-2H3,(H,27,31)(H,28,30)/b9-8+,19-16+,23-13-. The maximum absolute atomic E-state index is 12.6. The van der Waals surface area contributed by atoms with Gasteiger partial charge in [0, 0.05) is 23.5 Å². The van der Waals surface area contributed by atoms with E-state index >= 15 is 0 Å². The van der Waals surface area contributed by atoms with Gasteiger partial charge >= 0.3 is 0 Å². The highest BCUT2D eigenvalue weighted by molar-refractivity contribution is 5.95. The van der Waals surface area contributed by atoms with Gasteiger partial charge in [-0.05, 0) is 54.8 Å². The topological polar surface area (TPSA) is 118 Å². The fraction of sp³-hybridized carbons (Fsp3) is 0.167. The molecule has 3 rings (SSSR count). The van der Waals surface area contributed by atoms with E-state index in [-0.39, 0.29) is 5.91 Å². The summed E-state index contributed by atoms with van der Waals surface area (Å²) in [7, 11) is 0. The zero-order chi connectivity index (χ0) is 22.2. The number of amidine groups is 1. The number of anilines is 1. The van der Waals surface area contributed by atoms with Gasteiger partial charge in [0.2, 0.25) is 0 Å². The number of hydrogen-bond donors (Lipinski definition) is 5. The lowest BCUT2D eigenvalue weighted by atomic mass is 10.1. The van der Waals surface area contributed by atoms with E-state index in [1.807, 2.05) is 62.4 Å². The predicted octanol–water partition coefficient (Wildman–Crippen LogP) is 2.85. The zero-order valence-electron chi connectivity index (χ0n) is 17.8. The van der Waals surface area contributed by atoms with Crippen LogP contribution in [0.25, 0.3) is 6.08 Å². The Kier molecular flexibility index (Phi) is 7.11. The van der Waals surface area contributed by atoms with Crippen LogP contribution in [0.1, 0.15) is 35.3 Å². The van der Waals surface area contributed by atoms with Crippen molar-refractivity contribution in [2.45, 2.75) is 20.4 Å². The molecule has 1 aliphatic rings. The van der Waals surface area contributed by atoms with Crippen molar-refractivity contribution in [2.24, 2.45) is 10.7 Å². The first-order valence-electron chi connectivity index (χ1n) is 10.0. The van der Waals surface area contributed by atoms with Crippen LogP contribution in [-0.2, 0) is 6.54 Å². The van der Waals surface area contributed by atoms with Gasteiger partial charge in [0.15, 0.2) is 0 Å². The van der Waals surface area contributed by atoms with Crippen LogP contribution < -0.4 is 27.4 Å². The van der Waals surface area contributed by atoms with Gasteiger partial charge < -0.3 is 27.4 Å². The van der Waals surface area contributed by atoms with Crippen LogP contribution in [0.4, 0.5) is 5.69 Å². The Morgan fingerprint density at radius 1 is 1.13 bits per heavy atom. The molecule has 0 aliphatic carbocycles. The fourth-order valence-corrected chi connectivity index (χ4v) is 3.05. The smallest absolute Gasteiger partial charge is 0.251 e. The van der Waals surface area contributed by atoms with Crippen LogP contribution >= 0.6 is 0 Å². The molecule has 160 valence electrons. The SMILES string of the molecule is C/C1=N/CN\C(N)=C/C(/C=C/c2cc(C(=O)NCc3ccccc3)ccc2N)=C(\C)N1. The summed E-state index contributed by atoms with van der Waals surface area (Å²) < 4.78 is 0. The van der Waals surface area contributed by atoms with Crippen molar-refractivity contribution in [3.63, 3.8) is 0 Å². The number of hydrogen-bond acceptors (Lipinski definition) is 6. The number of nitrogens with one attached hydrogen (secondary N) is 3. The molecule has 7 heteroatoms. The molecular weight excluding hydrogens is 388 g/mol. The van der Waals surface area contributed by atoms with Gasteiger partial charge in [-0.3, -0.25) is 9.79 Å². The quantitative estimate of drug-likeness (QED) is 0.481. The second-order valence-corrected chi connectivity index (χ2v) is 7.23. The largest absolute Gasteiger partial charge is 0.398 e. The number of allylic oxidation sites excluding steroid dienone is 4. The Hall–Kier alpha value is -4.00. The summed E-state index contributed by atoms with van der Waals surface area (Å²) in [6.45, 7) is 4.71. The summed E-state index contributed by atoms with van der Waals surface area (Å²) >= 11 is 0. The maximum Gasteiger partial charge on any atom is 0.251 e. The van der Waals surface area contributed by atoms with Crippen LogP contribution in [0.2, 0.25) is 0 Å². The zero-order valence-corrected chi connectivity index (χ0v) is 17.8. The molecule has 31 heavy (non-hydrogen) atoms. The minimum absolute atomic E-state index is 0.154. The summed E-state index contributed by atoms with van der Waals surface area (Å²) in [6, 6.07) is 15.0. The molecule has 7 nitrogen and oxygen atoms in total. The third-order valence-corrected chi connectivity index (χ3v) is 4.80. The molecule has 0 unspecified atom stereocenters. The van der Waals surface area contributed by atoms with E-state index in [0.29, 0.717) is 30.3 Å². The highest BCUT2D eigenvalue weighted by Gasteiger charge is 2.08. The average molecular weight is 417 g/mol. The molecule has 1 amide bonds. The normalized spacial score (nSPS) is 20.2. The van der Waals surface area contributed by atoms with E-state index in [1.54, 1.807) is 18.2 Å². The first-order chi connectivity index (χ1) is 14.9. The molecule has 0 saturated heterocycles. The maximum atomic E-state index is 12.6. The number of carbonyl (C=O) groups is 1. The molecule has 0 aromatic heterocycles. The Bertz CT molecular complexity index is 1070. The average Bonchev–Trinajstić information content (AvgIpc) is 2.81. The van der Waals surface area contributed by atoms with Crippen molar-refractivity contribution >= 4 is 23.5 Å². The number of rotatable bonds is 5. The minimum Gasteiger partial charge on any atom is -0.398 e. The van der Waals surface area contributed by atoms with Gasteiger partial charge in [-0.2, -0.15) is 0 Å². The molecule has 0 atom stereocenters. The monoisotopic (exact) mass is 416 g/mol. The van der Waals surface area contributed by atoms with E-state index in [2.05, 4.69) is 20.9 Å². The summed E-state index contributed by atoms with van der Waals surface area (Å²) in [5.41, 5.74) is 16.9. The summed E-state index contributed by atoms with van der Waals surface area (Å²) in [6.07, 6.45) is 5.62. The Morgan fingerprint density at radius 3 is 2.68 bits per heavy atom. The summed E-state index contributed by atoms with van der Waals surface area (Å²) in [5.74, 6) is 1.15. The lowest BCUT2D eigenvalue weighted by molar-refractivity contribution is 0.0951. The third kappa shape index (κ3) is 6.24. The van der Waals surface area contributed by atoms with Crippen molar-refractivity contribution in [1.82, 2.24) is 16.0 Å². The lowest BCUT2D eigenvalue weighted by Gasteiger charge is -2.09. The number of benzene rings is 2. The molecule has 2 aromatic carbocycles. The number of nitrogens with two attached hydrogens (primary N) is 2. The summed E-state index contributed by atoms with van der Waals surface area (Å²) in [4.78, 5) is 16.9. The number of nitrogen functional groups attached to an aromatic ring is 1. The second-order valence-electron chi connectivity index (χ2n) is 7.23. The van der Waals surface area contributed by atoms with Crippen molar-refractivity contribution in [3.8, 4) is 0 Å². The predicted molar refractivity (Wildman–Crippen MR) is 127 cm³/mol. The van der Waals surface area contributed by atoms with E-state index in [9.17, 15) is 4.79 Å². The Morgan fingerprint density at radius 2 is 1.90 bits per heavy atom. The third-order valence-electron chi connectivity index (χ3n) is 4.80. The highest BCUT2D eigenvalue weighted by Crippen LogP contribution is 2.18. The minimum atomic E-state index is -0.154. The number of nitrogens with zero attached hydrogens (tertiary/aromatic N) is 1. The second kappa shape index (κ2) is 10.2. The van der Waals surface area contributed by atoms with Gasteiger partial charge in [-0.25, -0.2) is 0 Å². The molecule has 0 spiro atoms. The van der Waals surface area contributed by atoms with Crippen LogP contribution in [-0.4, -0.2) is 18.4 Å². The first-order valence-corrected chi connectivity index (χ1v) is 10.0. The van der Waals surface area contributed by atoms with Gasteiger partial charge in [-0.15, -0.1) is 0 Å². The molecule has 0 bridgehead atoms. The van der Waals surface area contributed by atoms with Crippen LogP contribution in [0.5, 0.6) is 0 Å². The molecule has 0 radical (unpaired) electrons. The molecule has 1 aliphatic heterocycles. The van der Waals surface area contributed by atoms with Crippen LogP contribution in [0.15, 0.2) is 82.8 Å². The van der Waals surface area contributed by atoms with Gasteiger partial charge in [0.1, 0.15) is 6.67 Å². The van der Waals surface area contributed by atoms with Crippen molar-refractivity contribution in [1.29, 1.82) is 0 Å². The van der Waals surface area contributed by atoms with Crippen LogP contribution in [0.3, 0.4) is 0 Å². The molecule has 0 fully saturated rings.